The van der Waals surface area contributed by atoms with Gasteiger partial charge >= 0.3 is 0 Å². The monoisotopic (exact) mass is 352 g/mol. The molecule has 1 amide bonds. The SMILES string of the molecule is Cc1ccc(CCC2CCN(C(=O)c3ccc([N+](=O)[O-])cc3)CC2)cc1. The van der Waals surface area contributed by atoms with Crippen molar-refractivity contribution in [2.75, 3.05) is 13.1 Å². The molecule has 0 radical (unpaired) electrons. The quantitative estimate of drug-likeness (QED) is 0.592. The highest BCUT2D eigenvalue weighted by molar-refractivity contribution is 5.94. The third-order valence-electron chi connectivity index (χ3n) is 5.19. The summed E-state index contributed by atoms with van der Waals surface area (Å²) in [7, 11) is 0. The molecule has 0 unspecified atom stereocenters. The summed E-state index contributed by atoms with van der Waals surface area (Å²) in [5.74, 6) is 0.620. The van der Waals surface area contributed by atoms with Gasteiger partial charge in [-0.2, -0.15) is 0 Å². The van der Waals surface area contributed by atoms with Crippen molar-refractivity contribution in [2.45, 2.75) is 32.6 Å². The second-order valence-electron chi connectivity index (χ2n) is 7.06. The molecule has 1 heterocycles. The number of nitro benzene ring substituents is 1. The Morgan fingerprint density at radius 2 is 1.69 bits per heavy atom. The number of nitro groups is 1. The number of rotatable bonds is 5. The van der Waals surface area contributed by atoms with Crippen LogP contribution in [-0.4, -0.2) is 28.8 Å². The summed E-state index contributed by atoms with van der Waals surface area (Å²) in [5, 5.41) is 10.7. The maximum Gasteiger partial charge on any atom is 0.269 e. The smallest absolute Gasteiger partial charge is 0.269 e. The zero-order valence-electron chi connectivity index (χ0n) is 15.1. The summed E-state index contributed by atoms with van der Waals surface area (Å²) in [6, 6.07) is 14.6. The Bertz CT molecular complexity index is 761. The standard InChI is InChI=1S/C21H24N2O3/c1-16-2-4-17(5-3-16)6-7-18-12-14-22(15-13-18)21(24)19-8-10-20(11-9-19)23(25)26/h2-5,8-11,18H,6-7,12-15H2,1H3. The molecule has 0 aromatic heterocycles. The largest absolute Gasteiger partial charge is 0.339 e. The average Bonchev–Trinajstić information content (AvgIpc) is 2.67. The number of nitrogens with zero attached hydrogens (tertiary/aromatic N) is 2. The maximum atomic E-state index is 12.6. The topological polar surface area (TPSA) is 63.5 Å². The first-order chi connectivity index (χ1) is 12.5. The molecule has 5 nitrogen and oxygen atoms in total. The fourth-order valence-corrected chi connectivity index (χ4v) is 3.46. The zero-order chi connectivity index (χ0) is 18.5. The first-order valence-electron chi connectivity index (χ1n) is 9.12. The molecule has 2 aromatic carbocycles. The van der Waals surface area contributed by atoms with E-state index >= 15 is 0 Å². The summed E-state index contributed by atoms with van der Waals surface area (Å²) < 4.78 is 0. The number of benzene rings is 2. The molecule has 3 rings (SSSR count). The van der Waals surface area contributed by atoms with Gasteiger partial charge in [-0.1, -0.05) is 29.8 Å². The van der Waals surface area contributed by atoms with Crippen LogP contribution in [0.25, 0.3) is 0 Å². The average molecular weight is 352 g/mol. The van der Waals surface area contributed by atoms with Crippen molar-refractivity contribution in [3.8, 4) is 0 Å². The predicted molar refractivity (Wildman–Crippen MR) is 101 cm³/mol. The van der Waals surface area contributed by atoms with Gasteiger partial charge in [0.25, 0.3) is 11.6 Å². The summed E-state index contributed by atoms with van der Waals surface area (Å²) in [5.41, 5.74) is 3.19. The lowest BCUT2D eigenvalue weighted by atomic mass is 9.90. The molecule has 136 valence electrons. The first kappa shape index (κ1) is 18.1. The molecule has 0 atom stereocenters. The van der Waals surface area contributed by atoms with Gasteiger partial charge in [0.1, 0.15) is 0 Å². The highest BCUT2D eigenvalue weighted by Gasteiger charge is 2.23. The van der Waals surface area contributed by atoms with Crippen LogP contribution in [0.15, 0.2) is 48.5 Å². The zero-order valence-corrected chi connectivity index (χ0v) is 15.1. The summed E-state index contributed by atoms with van der Waals surface area (Å²) in [6.45, 7) is 3.62. The normalized spacial score (nSPS) is 15.0. The Labute approximate surface area is 153 Å². The summed E-state index contributed by atoms with van der Waals surface area (Å²) >= 11 is 0. The van der Waals surface area contributed by atoms with E-state index in [2.05, 4.69) is 31.2 Å². The number of hydrogen-bond donors (Lipinski definition) is 0. The van der Waals surface area contributed by atoms with Crippen molar-refractivity contribution in [1.82, 2.24) is 4.90 Å². The van der Waals surface area contributed by atoms with E-state index in [0.29, 0.717) is 11.5 Å². The maximum absolute atomic E-state index is 12.6. The van der Waals surface area contributed by atoms with Crippen LogP contribution in [0.2, 0.25) is 0 Å². The van der Waals surface area contributed by atoms with E-state index in [4.69, 9.17) is 0 Å². The van der Waals surface area contributed by atoms with Gasteiger partial charge in [0.15, 0.2) is 0 Å². The molecule has 1 saturated heterocycles. The van der Waals surface area contributed by atoms with Gasteiger partial charge < -0.3 is 4.90 Å². The van der Waals surface area contributed by atoms with Crippen molar-refractivity contribution in [3.05, 3.63) is 75.3 Å². The van der Waals surface area contributed by atoms with Crippen LogP contribution in [-0.2, 0) is 6.42 Å². The van der Waals surface area contributed by atoms with Crippen LogP contribution in [0, 0.1) is 23.0 Å². The van der Waals surface area contributed by atoms with E-state index in [-0.39, 0.29) is 11.6 Å². The van der Waals surface area contributed by atoms with Gasteiger partial charge in [-0.15, -0.1) is 0 Å². The van der Waals surface area contributed by atoms with Crippen LogP contribution in [0.4, 0.5) is 5.69 Å². The molecule has 0 bridgehead atoms. The fraction of sp³-hybridized carbons (Fsp3) is 0.381. The van der Waals surface area contributed by atoms with Crippen LogP contribution < -0.4 is 0 Å². The lowest BCUT2D eigenvalue weighted by molar-refractivity contribution is -0.384. The second kappa shape index (κ2) is 8.13. The highest BCUT2D eigenvalue weighted by Crippen LogP contribution is 2.24. The number of carbonyl (C=O) groups is 1. The number of piperidine rings is 1. The van der Waals surface area contributed by atoms with E-state index in [1.807, 2.05) is 4.90 Å². The Hall–Kier alpha value is -2.69. The minimum Gasteiger partial charge on any atom is -0.339 e. The van der Waals surface area contributed by atoms with E-state index < -0.39 is 4.92 Å². The third-order valence-corrected chi connectivity index (χ3v) is 5.19. The van der Waals surface area contributed by atoms with E-state index in [0.717, 1.165) is 38.8 Å². The Balaban J connectivity index is 1.49. The summed E-state index contributed by atoms with van der Waals surface area (Å²) in [6.07, 6.45) is 4.28. The number of carbonyl (C=O) groups excluding carboxylic acids is 1. The van der Waals surface area contributed by atoms with Gasteiger partial charge in [0.05, 0.1) is 4.92 Å². The Kier molecular flexibility index (Phi) is 5.66. The highest BCUT2D eigenvalue weighted by atomic mass is 16.6. The molecule has 2 aromatic rings. The predicted octanol–water partition coefficient (Wildman–Crippen LogP) is 4.39. The molecular weight excluding hydrogens is 328 g/mol. The minimum atomic E-state index is -0.451. The van der Waals surface area contributed by atoms with Crippen LogP contribution in [0.5, 0.6) is 0 Å². The van der Waals surface area contributed by atoms with Gasteiger partial charge in [-0.3, -0.25) is 14.9 Å². The molecule has 1 aliphatic heterocycles. The van der Waals surface area contributed by atoms with E-state index in [1.165, 1.54) is 23.3 Å². The molecule has 0 aliphatic carbocycles. The van der Waals surface area contributed by atoms with E-state index in [1.54, 1.807) is 12.1 Å². The molecule has 1 fully saturated rings. The Morgan fingerprint density at radius 1 is 1.08 bits per heavy atom. The number of likely N-dealkylation sites (tertiary alicyclic amines) is 1. The Morgan fingerprint density at radius 3 is 2.27 bits per heavy atom. The van der Waals surface area contributed by atoms with Crippen LogP contribution >= 0.6 is 0 Å². The van der Waals surface area contributed by atoms with Crippen molar-refractivity contribution in [1.29, 1.82) is 0 Å². The van der Waals surface area contributed by atoms with E-state index in [9.17, 15) is 14.9 Å². The molecule has 0 saturated carbocycles. The summed E-state index contributed by atoms with van der Waals surface area (Å²) in [4.78, 5) is 24.7. The fourth-order valence-electron chi connectivity index (χ4n) is 3.46. The number of non-ortho nitro benzene ring substituents is 1. The van der Waals surface area contributed by atoms with Crippen LogP contribution in [0.3, 0.4) is 0 Å². The molecule has 5 heteroatoms. The van der Waals surface area contributed by atoms with Gasteiger partial charge in [-0.25, -0.2) is 0 Å². The molecule has 0 N–H and O–H groups in total. The molecule has 0 spiro atoms. The second-order valence-corrected chi connectivity index (χ2v) is 7.06. The number of amides is 1. The number of aryl methyl sites for hydroxylation is 2. The van der Waals surface area contributed by atoms with Crippen molar-refractivity contribution in [2.24, 2.45) is 5.92 Å². The molecule has 1 aliphatic rings. The minimum absolute atomic E-state index is 0.0105. The van der Waals surface area contributed by atoms with Gasteiger partial charge in [-0.05, 0) is 56.2 Å². The van der Waals surface area contributed by atoms with Gasteiger partial charge in [0.2, 0.25) is 0 Å². The molecular formula is C21H24N2O3. The van der Waals surface area contributed by atoms with Gasteiger partial charge in [0, 0.05) is 30.8 Å². The third kappa shape index (κ3) is 4.48. The van der Waals surface area contributed by atoms with Crippen molar-refractivity contribution >= 4 is 11.6 Å². The number of hydrogen-bond acceptors (Lipinski definition) is 3. The van der Waals surface area contributed by atoms with Crippen molar-refractivity contribution in [3.63, 3.8) is 0 Å². The lowest BCUT2D eigenvalue weighted by Gasteiger charge is -2.32. The van der Waals surface area contributed by atoms with Crippen LogP contribution in [0.1, 0.15) is 40.7 Å². The van der Waals surface area contributed by atoms with Crippen molar-refractivity contribution < 1.29 is 9.72 Å². The molecule has 26 heavy (non-hydrogen) atoms. The first-order valence-corrected chi connectivity index (χ1v) is 9.12. The lowest BCUT2D eigenvalue weighted by Crippen LogP contribution is -2.38.